The normalized spacial score (nSPS) is 20.6. The number of amides is 1. The van der Waals surface area contributed by atoms with Gasteiger partial charge in [0.25, 0.3) is 5.91 Å². The lowest BCUT2D eigenvalue weighted by atomic mass is 9.98. The standard InChI is InChI=1S/C12H18ClN3O/c1-15-8-10(13)5-11(15)12(17)16-4-2-3-9(6-14)7-16/h5,8-9H,2-4,6-7,14H2,1H3. The molecule has 17 heavy (non-hydrogen) atoms. The van der Waals surface area contributed by atoms with E-state index in [2.05, 4.69) is 0 Å². The van der Waals surface area contributed by atoms with Crippen LogP contribution in [-0.4, -0.2) is 35.0 Å². The number of aryl methyl sites for hydroxylation is 1. The summed E-state index contributed by atoms with van der Waals surface area (Å²) in [5.41, 5.74) is 6.32. The number of rotatable bonds is 2. The van der Waals surface area contributed by atoms with Crippen molar-refractivity contribution in [2.24, 2.45) is 18.7 Å². The van der Waals surface area contributed by atoms with Gasteiger partial charge in [-0.3, -0.25) is 4.79 Å². The highest BCUT2D eigenvalue weighted by molar-refractivity contribution is 6.31. The van der Waals surface area contributed by atoms with Gasteiger partial charge < -0.3 is 15.2 Å². The van der Waals surface area contributed by atoms with E-state index in [-0.39, 0.29) is 5.91 Å². The average Bonchev–Trinajstić information content (AvgIpc) is 2.67. The minimum absolute atomic E-state index is 0.0533. The molecule has 1 atom stereocenters. The van der Waals surface area contributed by atoms with E-state index in [1.165, 1.54) is 0 Å². The van der Waals surface area contributed by atoms with Gasteiger partial charge in [0.15, 0.2) is 0 Å². The van der Waals surface area contributed by atoms with Crippen molar-refractivity contribution in [2.75, 3.05) is 19.6 Å². The summed E-state index contributed by atoms with van der Waals surface area (Å²) < 4.78 is 1.77. The second kappa shape index (κ2) is 5.10. The Kier molecular flexibility index (Phi) is 3.74. The molecule has 1 aliphatic rings. The van der Waals surface area contributed by atoms with Gasteiger partial charge in [-0.1, -0.05) is 11.6 Å². The van der Waals surface area contributed by atoms with Gasteiger partial charge in [0.2, 0.25) is 0 Å². The quantitative estimate of drug-likeness (QED) is 0.871. The molecule has 0 aliphatic carbocycles. The van der Waals surface area contributed by atoms with E-state index in [1.807, 2.05) is 11.9 Å². The van der Waals surface area contributed by atoms with E-state index in [0.717, 1.165) is 25.9 Å². The Balaban J connectivity index is 2.12. The number of piperidine rings is 1. The van der Waals surface area contributed by atoms with Gasteiger partial charge in [0.1, 0.15) is 5.69 Å². The Bertz CT molecular complexity index is 416. The molecule has 1 amide bonds. The zero-order valence-electron chi connectivity index (χ0n) is 10.0. The van der Waals surface area contributed by atoms with Crippen LogP contribution in [0.5, 0.6) is 0 Å². The molecule has 94 valence electrons. The predicted octanol–water partition coefficient (Wildman–Crippen LogP) is 1.49. The molecule has 1 aromatic heterocycles. The van der Waals surface area contributed by atoms with Crippen LogP contribution in [0.2, 0.25) is 5.02 Å². The van der Waals surface area contributed by atoms with E-state index in [0.29, 0.717) is 23.2 Å². The molecule has 1 unspecified atom stereocenters. The van der Waals surface area contributed by atoms with Crippen LogP contribution in [0.1, 0.15) is 23.3 Å². The molecule has 1 saturated heterocycles. The van der Waals surface area contributed by atoms with Gasteiger partial charge >= 0.3 is 0 Å². The molecule has 2 heterocycles. The van der Waals surface area contributed by atoms with Crippen molar-refractivity contribution in [3.63, 3.8) is 0 Å². The van der Waals surface area contributed by atoms with Crippen LogP contribution in [0.3, 0.4) is 0 Å². The van der Waals surface area contributed by atoms with E-state index >= 15 is 0 Å². The Morgan fingerprint density at radius 3 is 3.00 bits per heavy atom. The number of likely N-dealkylation sites (tertiary alicyclic amines) is 1. The lowest BCUT2D eigenvalue weighted by Gasteiger charge is -2.32. The van der Waals surface area contributed by atoms with Crippen LogP contribution in [0.4, 0.5) is 0 Å². The molecule has 0 spiro atoms. The van der Waals surface area contributed by atoms with Crippen molar-refractivity contribution >= 4 is 17.5 Å². The van der Waals surface area contributed by atoms with Crippen LogP contribution in [0.15, 0.2) is 12.3 Å². The summed E-state index contributed by atoms with van der Waals surface area (Å²) in [5.74, 6) is 0.487. The number of carbonyl (C=O) groups excluding carboxylic acids is 1. The van der Waals surface area contributed by atoms with Crippen molar-refractivity contribution < 1.29 is 4.79 Å². The van der Waals surface area contributed by atoms with Crippen molar-refractivity contribution in [1.82, 2.24) is 9.47 Å². The first-order valence-corrected chi connectivity index (χ1v) is 6.31. The van der Waals surface area contributed by atoms with E-state index < -0.39 is 0 Å². The Hall–Kier alpha value is -1.00. The van der Waals surface area contributed by atoms with Crippen molar-refractivity contribution in [3.8, 4) is 0 Å². The highest BCUT2D eigenvalue weighted by Gasteiger charge is 2.25. The summed E-state index contributed by atoms with van der Waals surface area (Å²) in [6, 6.07) is 1.72. The van der Waals surface area contributed by atoms with Gasteiger partial charge in [-0.05, 0) is 31.4 Å². The minimum Gasteiger partial charge on any atom is -0.345 e. The fraction of sp³-hybridized carbons (Fsp3) is 0.583. The number of aromatic nitrogens is 1. The molecular weight excluding hydrogens is 238 g/mol. The van der Waals surface area contributed by atoms with Crippen LogP contribution >= 0.6 is 11.6 Å². The summed E-state index contributed by atoms with van der Waals surface area (Å²) >= 11 is 5.89. The number of carbonyl (C=O) groups is 1. The third-order valence-corrected chi connectivity index (χ3v) is 3.54. The van der Waals surface area contributed by atoms with Crippen LogP contribution < -0.4 is 5.73 Å². The van der Waals surface area contributed by atoms with Gasteiger partial charge in [-0.15, -0.1) is 0 Å². The average molecular weight is 256 g/mol. The fourth-order valence-electron chi connectivity index (χ4n) is 2.34. The minimum atomic E-state index is 0.0533. The second-order valence-electron chi connectivity index (χ2n) is 4.65. The zero-order valence-corrected chi connectivity index (χ0v) is 10.8. The zero-order chi connectivity index (χ0) is 12.4. The van der Waals surface area contributed by atoms with Gasteiger partial charge in [0, 0.05) is 26.3 Å². The Morgan fingerprint density at radius 2 is 2.41 bits per heavy atom. The molecule has 1 aliphatic heterocycles. The molecule has 0 radical (unpaired) electrons. The molecular formula is C12H18ClN3O. The number of hydrogen-bond acceptors (Lipinski definition) is 2. The van der Waals surface area contributed by atoms with E-state index in [1.54, 1.807) is 16.8 Å². The number of nitrogens with two attached hydrogens (primary N) is 1. The molecule has 4 nitrogen and oxygen atoms in total. The summed E-state index contributed by atoms with van der Waals surface area (Å²) in [6.45, 7) is 2.23. The maximum atomic E-state index is 12.3. The third-order valence-electron chi connectivity index (χ3n) is 3.33. The number of nitrogens with zero attached hydrogens (tertiary/aromatic N) is 2. The SMILES string of the molecule is Cn1cc(Cl)cc1C(=O)N1CCCC(CN)C1. The monoisotopic (exact) mass is 255 g/mol. The lowest BCUT2D eigenvalue weighted by Crippen LogP contribution is -2.42. The molecule has 0 bridgehead atoms. The molecule has 1 fully saturated rings. The second-order valence-corrected chi connectivity index (χ2v) is 5.09. The molecule has 1 aromatic rings. The molecule has 2 rings (SSSR count). The highest BCUT2D eigenvalue weighted by atomic mass is 35.5. The molecule has 0 aromatic carbocycles. The Labute approximate surface area is 106 Å². The van der Waals surface area contributed by atoms with Gasteiger partial charge in [0.05, 0.1) is 5.02 Å². The maximum absolute atomic E-state index is 12.3. The summed E-state index contributed by atoms with van der Waals surface area (Å²) in [5, 5.41) is 0.600. The maximum Gasteiger partial charge on any atom is 0.270 e. The first-order chi connectivity index (χ1) is 8.11. The van der Waals surface area contributed by atoms with Crippen LogP contribution in [0, 0.1) is 5.92 Å². The number of hydrogen-bond donors (Lipinski definition) is 1. The van der Waals surface area contributed by atoms with Crippen LogP contribution in [0.25, 0.3) is 0 Å². The largest absolute Gasteiger partial charge is 0.345 e. The molecule has 0 saturated carbocycles. The first kappa shape index (κ1) is 12.5. The lowest BCUT2D eigenvalue weighted by molar-refractivity contribution is 0.0668. The van der Waals surface area contributed by atoms with Gasteiger partial charge in [-0.25, -0.2) is 0 Å². The van der Waals surface area contributed by atoms with Crippen LogP contribution in [-0.2, 0) is 7.05 Å². The smallest absolute Gasteiger partial charge is 0.270 e. The van der Waals surface area contributed by atoms with Gasteiger partial charge in [-0.2, -0.15) is 0 Å². The van der Waals surface area contributed by atoms with E-state index in [9.17, 15) is 4.79 Å². The number of halogens is 1. The summed E-state index contributed by atoms with van der Waals surface area (Å²) in [7, 11) is 1.84. The van der Waals surface area contributed by atoms with Crippen molar-refractivity contribution in [2.45, 2.75) is 12.8 Å². The predicted molar refractivity (Wildman–Crippen MR) is 68.1 cm³/mol. The fourth-order valence-corrected chi connectivity index (χ4v) is 2.59. The van der Waals surface area contributed by atoms with E-state index in [4.69, 9.17) is 17.3 Å². The van der Waals surface area contributed by atoms with Crippen molar-refractivity contribution in [1.29, 1.82) is 0 Å². The highest BCUT2D eigenvalue weighted by Crippen LogP contribution is 2.20. The Morgan fingerprint density at radius 1 is 1.65 bits per heavy atom. The molecule has 2 N–H and O–H groups in total. The topological polar surface area (TPSA) is 51.3 Å². The third kappa shape index (κ3) is 2.64. The summed E-state index contributed by atoms with van der Waals surface area (Å²) in [6.07, 6.45) is 3.90. The first-order valence-electron chi connectivity index (χ1n) is 5.93. The molecule has 5 heteroatoms. The summed E-state index contributed by atoms with van der Waals surface area (Å²) in [4.78, 5) is 14.2. The van der Waals surface area contributed by atoms with Crippen molar-refractivity contribution in [3.05, 3.63) is 23.0 Å².